The second-order valence-electron chi connectivity index (χ2n) is 12.2. The van der Waals surface area contributed by atoms with E-state index in [0.29, 0.717) is 56.9 Å². The maximum absolute atomic E-state index is 15.6. The molecule has 3 aromatic carbocycles. The van der Waals surface area contributed by atoms with Crippen molar-refractivity contribution in [2.24, 2.45) is 0 Å². The van der Waals surface area contributed by atoms with Crippen LogP contribution in [-0.2, 0) is 39.3 Å². The lowest BCUT2D eigenvalue weighted by molar-refractivity contribution is -0.696. The molecule has 276 valence electrons. The number of likely N-dealkylation sites (N-methyl/N-ethyl adjacent to an activating group) is 1. The van der Waals surface area contributed by atoms with Gasteiger partial charge in [-0.25, -0.2) is 23.1 Å². The van der Waals surface area contributed by atoms with Gasteiger partial charge in [-0.15, -0.1) is 16.4 Å². The number of ether oxygens (including phenoxy) is 2. The number of hydrogen-bond acceptors (Lipinski definition) is 9. The van der Waals surface area contributed by atoms with E-state index in [4.69, 9.17) is 14.7 Å². The number of hydrogen-bond donors (Lipinski definition) is 2. The number of nitrogens with zero attached hydrogens (tertiary/aromatic N) is 4. The van der Waals surface area contributed by atoms with Crippen LogP contribution in [0.4, 0.5) is 22.0 Å². The van der Waals surface area contributed by atoms with Gasteiger partial charge in [0.2, 0.25) is 5.82 Å². The lowest BCUT2D eigenvalue weighted by Crippen LogP contribution is -2.45. The molecule has 1 atom stereocenters. The van der Waals surface area contributed by atoms with Gasteiger partial charge in [-0.3, -0.25) is 4.79 Å². The fraction of sp³-hybridized carbons (Fsp3) is 0.297. The number of aromatic nitrogens is 4. The first kappa shape index (κ1) is 38.7. The molecule has 0 radical (unpaired) electrons. The van der Waals surface area contributed by atoms with Crippen molar-refractivity contribution < 1.29 is 45.6 Å². The number of aromatic amines is 1. The van der Waals surface area contributed by atoms with Gasteiger partial charge in [0.15, 0.2) is 5.60 Å². The molecular weight excluding hydrogens is 720 g/mol. The summed E-state index contributed by atoms with van der Waals surface area (Å²) >= 11 is 1.19. The van der Waals surface area contributed by atoms with Crippen LogP contribution >= 0.6 is 11.3 Å². The fourth-order valence-electron chi connectivity index (χ4n) is 5.86. The van der Waals surface area contributed by atoms with E-state index in [0.717, 1.165) is 12.1 Å². The summed E-state index contributed by atoms with van der Waals surface area (Å²) in [7, 11) is 0. The first-order valence-electron chi connectivity index (χ1n) is 16.3. The van der Waals surface area contributed by atoms with Crippen LogP contribution < -0.4 is 14.6 Å². The van der Waals surface area contributed by atoms with Crippen molar-refractivity contribution in [3.05, 3.63) is 117 Å². The second kappa shape index (κ2) is 16.4. The van der Waals surface area contributed by atoms with E-state index < -0.39 is 47.3 Å². The van der Waals surface area contributed by atoms with Crippen molar-refractivity contribution in [1.29, 1.82) is 5.26 Å². The summed E-state index contributed by atoms with van der Waals surface area (Å²) in [4.78, 5) is 29.4. The third-order valence-corrected chi connectivity index (χ3v) is 9.25. The Morgan fingerprint density at radius 3 is 2.42 bits per heavy atom. The number of nitriles is 1. The topological polar surface area (TPSA) is 134 Å². The molecule has 0 saturated heterocycles. The zero-order valence-corrected chi connectivity index (χ0v) is 29.6. The van der Waals surface area contributed by atoms with Crippen LogP contribution in [0.3, 0.4) is 0 Å². The summed E-state index contributed by atoms with van der Waals surface area (Å²) in [6.07, 6.45) is -5.04. The molecule has 0 saturated carbocycles. The van der Waals surface area contributed by atoms with E-state index in [1.165, 1.54) is 17.7 Å². The molecule has 16 heteroatoms. The number of H-pyrrole nitrogens is 1. The molecule has 10 nitrogen and oxygen atoms in total. The highest BCUT2D eigenvalue weighted by Crippen LogP contribution is 2.39. The molecule has 2 aromatic heterocycles. The highest BCUT2D eigenvalue weighted by molar-refractivity contribution is 7.09. The molecule has 0 fully saturated rings. The zero-order valence-electron chi connectivity index (χ0n) is 28.8. The maximum atomic E-state index is 15.6. The van der Waals surface area contributed by atoms with E-state index in [1.807, 2.05) is 13.0 Å². The van der Waals surface area contributed by atoms with E-state index in [-0.39, 0.29) is 31.8 Å². The summed E-state index contributed by atoms with van der Waals surface area (Å²) in [6.45, 7) is 6.12. The number of alkyl halides is 3. The number of nitrogens with one attached hydrogen (secondary N) is 2. The predicted octanol–water partition coefficient (Wildman–Crippen LogP) is 6.33. The SMILES string of the molecule is CCNCC(=O)Oc1c(C)cc(C[n+]2cn[nH]c2CC(CCc2nc(-c3ccc(C#N)cc3)cs2)(OC(=O)C(F)(F)F)c2ccc(F)cc2F)cc1C. The molecular formula is C37H34F5N6O4S+. The Hall–Kier alpha value is -5.53. The highest BCUT2D eigenvalue weighted by atomic mass is 32.1. The number of esters is 2. The summed E-state index contributed by atoms with van der Waals surface area (Å²) in [5, 5.41) is 21.0. The Morgan fingerprint density at radius 1 is 1.06 bits per heavy atom. The van der Waals surface area contributed by atoms with Gasteiger partial charge in [0.25, 0.3) is 6.33 Å². The molecule has 1 unspecified atom stereocenters. The quantitative estimate of drug-likeness (QED) is 0.0583. The minimum atomic E-state index is -5.44. The average Bonchev–Trinajstić information content (AvgIpc) is 3.77. The van der Waals surface area contributed by atoms with Crippen molar-refractivity contribution in [3.63, 3.8) is 0 Å². The van der Waals surface area contributed by atoms with Crippen LogP contribution in [0.1, 0.15) is 52.0 Å². The Labute approximate surface area is 305 Å². The summed E-state index contributed by atoms with van der Waals surface area (Å²) < 4.78 is 83.7. The molecule has 53 heavy (non-hydrogen) atoms. The molecule has 5 aromatic rings. The number of carbonyl (C=O) groups is 2. The lowest BCUT2D eigenvalue weighted by Gasteiger charge is -2.33. The Bertz CT molecular complexity index is 2120. The van der Waals surface area contributed by atoms with E-state index in [2.05, 4.69) is 20.5 Å². The van der Waals surface area contributed by atoms with E-state index >= 15 is 4.39 Å². The van der Waals surface area contributed by atoms with Crippen LogP contribution in [0.2, 0.25) is 0 Å². The van der Waals surface area contributed by atoms with Gasteiger partial charge in [-0.05, 0) is 79.9 Å². The second-order valence-corrected chi connectivity index (χ2v) is 13.2. The van der Waals surface area contributed by atoms with Gasteiger partial charge in [0, 0.05) is 34.1 Å². The molecule has 2 N–H and O–H groups in total. The van der Waals surface area contributed by atoms with Crippen molar-refractivity contribution >= 4 is 23.3 Å². The largest absolute Gasteiger partial charge is 0.490 e. The Morgan fingerprint density at radius 2 is 1.77 bits per heavy atom. The number of thiazole rings is 1. The van der Waals surface area contributed by atoms with Crippen molar-refractivity contribution in [1.82, 2.24) is 20.5 Å². The van der Waals surface area contributed by atoms with Crippen LogP contribution in [0.25, 0.3) is 11.3 Å². The standard InChI is InChI=1S/C37H33F5N6O4S/c1-4-44-18-33(49)51-34-22(2)13-25(14-23(34)3)19-48-21-45-47-31(48)16-36(52-35(50)37(40,41)42,28-10-9-27(38)15-29(28)39)12-11-32-46-30(20-53-32)26-7-5-24(17-43)6-8-26/h5-10,13-15,20-21,44H,4,11-12,16,18-19H2,1-3H3/p+1. The molecule has 0 aliphatic carbocycles. The van der Waals surface area contributed by atoms with Gasteiger partial charge in [0.1, 0.15) is 17.4 Å². The zero-order chi connectivity index (χ0) is 38.3. The van der Waals surface area contributed by atoms with Gasteiger partial charge in [-0.1, -0.05) is 19.1 Å². The van der Waals surface area contributed by atoms with Crippen molar-refractivity contribution in [2.75, 3.05) is 13.1 Å². The molecule has 2 heterocycles. The highest BCUT2D eigenvalue weighted by Gasteiger charge is 2.49. The first-order chi connectivity index (χ1) is 25.2. The average molecular weight is 754 g/mol. The Balaban J connectivity index is 1.50. The van der Waals surface area contributed by atoms with Crippen LogP contribution in [0.15, 0.2) is 66.3 Å². The third-order valence-electron chi connectivity index (χ3n) is 8.34. The van der Waals surface area contributed by atoms with Crippen LogP contribution in [0.5, 0.6) is 5.75 Å². The first-order valence-corrected chi connectivity index (χ1v) is 17.2. The smallest absolute Gasteiger partial charge is 0.447 e. The minimum absolute atomic E-state index is 0.0293. The van der Waals surface area contributed by atoms with E-state index in [9.17, 15) is 27.2 Å². The van der Waals surface area contributed by atoms with Crippen molar-refractivity contribution in [3.8, 4) is 23.1 Å². The summed E-state index contributed by atoms with van der Waals surface area (Å²) in [6, 6.07) is 14.6. The lowest BCUT2D eigenvalue weighted by atomic mass is 9.84. The molecule has 0 spiro atoms. The fourth-order valence-corrected chi connectivity index (χ4v) is 6.67. The normalized spacial score (nSPS) is 12.6. The van der Waals surface area contributed by atoms with Crippen molar-refractivity contribution in [2.45, 2.75) is 58.4 Å². The molecule has 0 bridgehead atoms. The number of aryl methyl sites for hydroxylation is 3. The number of benzene rings is 3. The van der Waals surface area contributed by atoms with Gasteiger partial charge >= 0.3 is 18.1 Å². The van der Waals surface area contributed by atoms with Crippen LogP contribution in [-0.4, -0.2) is 46.4 Å². The molecule has 0 aliphatic heterocycles. The van der Waals surface area contributed by atoms with Gasteiger partial charge in [0.05, 0.1) is 41.8 Å². The van der Waals surface area contributed by atoms with Crippen LogP contribution in [0, 0.1) is 36.8 Å². The number of rotatable bonds is 14. The van der Waals surface area contributed by atoms with E-state index in [1.54, 1.807) is 60.2 Å². The summed E-state index contributed by atoms with van der Waals surface area (Å²) in [5.74, 6) is -4.66. The Kier molecular flexibility index (Phi) is 12.0. The molecule has 0 amide bonds. The summed E-state index contributed by atoms with van der Waals surface area (Å²) in [5.41, 5.74) is 0.892. The predicted molar refractivity (Wildman–Crippen MR) is 182 cm³/mol. The van der Waals surface area contributed by atoms with Gasteiger partial charge < -0.3 is 14.8 Å². The molecule has 5 rings (SSSR count). The maximum Gasteiger partial charge on any atom is 0.490 e. The molecule has 0 aliphatic rings. The monoisotopic (exact) mass is 753 g/mol. The third kappa shape index (κ3) is 9.48. The number of halogens is 5. The number of carbonyl (C=O) groups excluding carboxylic acids is 2. The minimum Gasteiger partial charge on any atom is -0.447 e. The van der Waals surface area contributed by atoms with Gasteiger partial charge in [-0.2, -0.15) is 18.4 Å².